The Kier molecular flexibility index (Phi) is 4.96. The third-order valence-electron chi connectivity index (χ3n) is 7.28. The number of hydrogen-bond acceptors (Lipinski definition) is 7. The molecular weight excluding hydrogens is 430 g/mol. The number of anilines is 2. The molecule has 2 fully saturated rings. The summed E-state index contributed by atoms with van der Waals surface area (Å²) >= 11 is 0. The third-order valence-corrected chi connectivity index (χ3v) is 7.28. The molecule has 0 unspecified atom stereocenters. The normalized spacial score (nSPS) is 20.2. The molecule has 1 aromatic carbocycles. The van der Waals surface area contributed by atoms with Gasteiger partial charge in [0.15, 0.2) is 0 Å². The highest BCUT2D eigenvalue weighted by atomic mass is 16.4. The lowest BCUT2D eigenvalue weighted by Gasteiger charge is -2.39. The Bertz CT molecular complexity index is 1310. The van der Waals surface area contributed by atoms with Crippen LogP contribution in [0.4, 0.5) is 16.3 Å². The zero-order valence-electron chi connectivity index (χ0n) is 18.8. The number of hydrogen-bond donors (Lipinski definition) is 1. The number of piperazine rings is 2. The molecule has 172 valence electrons. The molecule has 3 aliphatic heterocycles. The maximum absolute atomic E-state index is 11.2. The summed E-state index contributed by atoms with van der Waals surface area (Å²) in [6.45, 7) is 5.89. The van der Waals surface area contributed by atoms with Gasteiger partial charge in [-0.3, -0.25) is 9.88 Å². The molecule has 0 radical (unpaired) electrons. The molecule has 34 heavy (non-hydrogen) atoms. The second-order valence-corrected chi connectivity index (χ2v) is 9.04. The van der Waals surface area contributed by atoms with Crippen LogP contribution >= 0.6 is 0 Å². The van der Waals surface area contributed by atoms with Crippen molar-refractivity contribution in [1.29, 1.82) is 5.26 Å². The first-order chi connectivity index (χ1) is 16.6. The molecule has 0 aliphatic carbocycles. The van der Waals surface area contributed by atoms with Crippen molar-refractivity contribution in [1.82, 2.24) is 19.8 Å². The van der Waals surface area contributed by atoms with Crippen molar-refractivity contribution < 1.29 is 9.90 Å². The highest BCUT2D eigenvalue weighted by molar-refractivity contribution is 5.95. The van der Waals surface area contributed by atoms with Crippen LogP contribution < -0.4 is 9.80 Å². The average molecular weight is 456 g/mol. The van der Waals surface area contributed by atoms with E-state index in [-0.39, 0.29) is 6.04 Å². The lowest BCUT2D eigenvalue weighted by atomic mass is 10.0. The second-order valence-electron chi connectivity index (χ2n) is 9.04. The molecule has 9 heteroatoms. The summed E-state index contributed by atoms with van der Waals surface area (Å²) in [6, 6.07) is 14.7. The van der Waals surface area contributed by atoms with Gasteiger partial charge in [0.2, 0.25) is 0 Å². The van der Waals surface area contributed by atoms with Crippen LogP contribution in [0.2, 0.25) is 0 Å². The smallest absolute Gasteiger partial charge is 0.407 e. The third kappa shape index (κ3) is 3.38. The predicted molar refractivity (Wildman–Crippen MR) is 128 cm³/mol. The SMILES string of the molecule is N#Cc1ccc(N2CCN3Cc4nc(N5CCN(C(=O)O)CC5)ccc4[C@H]3C2)c2cccnc12. The van der Waals surface area contributed by atoms with Crippen molar-refractivity contribution in [3.8, 4) is 6.07 Å². The number of carboxylic acid groups (broad SMARTS) is 1. The molecule has 1 N–H and O–H groups in total. The van der Waals surface area contributed by atoms with Gasteiger partial charge in [0.25, 0.3) is 0 Å². The monoisotopic (exact) mass is 455 g/mol. The summed E-state index contributed by atoms with van der Waals surface area (Å²) in [5.41, 5.74) is 4.87. The maximum atomic E-state index is 11.2. The van der Waals surface area contributed by atoms with E-state index in [1.54, 1.807) is 6.20 Å². The van der Waals surface area contributed by atoms with Crippen molar-refractivity contribution in [2.24, 2.45) is 0 Å². The Labute approximate surface area is 197 Å². The number of aromatic nitrogens is 2. The first-order valence-corrected chi connectivity index (χ1v) is 11.6. The Morgan fingerprint density at radius 2 is 1.85 bits per heavy atom. The van der Waals surface area contributed by atoms with Gasteiger partial charge in [0, 0.05) is 69.6 Å². The standard InChI is InChI=1S/C25H25N7O2/c26-14-17-3-5-21(19-2-1-7-27-24(17)19)32-13-12-31-15-20-18(22(31)16-32)4-6-23(28-20)29-8-10-30(11-9-29)25(33)34/h1-7,22H,8-13,15-16H2,(H,33,34)/t22-/m1/s1. The largest absolute Gasteiger partial charge is 0.465 e. The number of carbonyl (C=O) groups is 1. The summed E-state index contributed by atoms with van der Waals surface area (Å²) in [5, 5.41) is 19.7. The van der Waals surface area contributed by atoms with Crippen LogP contribution in [0.3, 0.4) is 0 Å². The molecule has 2 aromatic heterocycles. The van der Waals surface area contributed by atoms with Crippen molar-refractivity contribution >= 4 is 28.5 Å². The van der Waals surface area contributed by atoms with E-state index >= 15 is 0 Å². The quantitative estimate of drug-likeness (QED) is 0.630. The lowest BCUT2D eigenvalue weighted by molar-refractivity contribution is 0.142. The Hall–Kier alpha value is -3.90. The van der Waals surface area contributed by atoms with Gasteiger partial charge in [-0.2, -0.15) is 5.26 Å². The van der Waals surface area contributed by atoms with Gasteiger partial charge in [-0.05, 0) is 35.9 Å². The highest BCUT2D eigenvalue weighted by Crippen LogP contribution is 2.39. The summed E-state index contributed by atoms with van der Waals surface area (Å²) < 4.78 is 0. The van der Waals surface area contributed by atoms with E-state index in [4.69, 9.17) is 4.98 Å². The van der Waals surface area contributed by atoms with Crippen LogP contribution in [0, 0.1) is 11.3 Å². The molecule has 0 saturated carbocycles. The summed E-state index contributed by atoms with van der Waals surface area (Å²) in [7, 11) is 0. The first kappa shape index (κ1) is 20.7. The van der Waals surface area contributed by atoms with Gasteiger partial charge < -0.3 is 19.8 Å². The van der Waals surface area contributed by atoms with E-state index in [2.05, 4.69) is 37.9 Å². The van der Waals surface area contributed by atoms with Gasteiger partial charge >= 0.3 is 6.09 Å². The van der Waals surface area contributed by atoms with Crippen LogP contribution in [0.15, 0.2) is 42.6 Å². The summed E-state index contributed by atoms with van der Waals surface area (Å²) in [4.78, 5) is 29.2. The molecule has 3 aromatic rings. The van der Waals surface area contributed by atoms with Gasteiger partial charge in [0.05, 0.1) is 22.8 Å². The number of nitrogens with zero attached hydrogens (tertiary/aromatic N) is 7. The molecule has 3 aliphatic rings. The maximum Gasteiger partial charge on any atom is 0.407 e. The van der Waals surface area contributed by atoms with Gasteiger partial charge in [-0.1, -0.05) is 6.07 Å². The van der Waals surface area contributed by atoms with Crippen LogP contribution in [-0.4, -0.2) is 76.8 Å². The van der Waals surface area contributed by atoms with Crippen molar-refractivity contribution in [2.75, 3.05) is 55.6 Å². The molecule has 1 atom stereocenters. The zero-order valence-corrected chi connectivity index (χ0v) is 18.8. The number of pyridine rings is 2. The Balaban J connectivity index is 1.24. The van der Waals surface area contributed by atoms with Crippen molar-refractivity contribution in [3.63, 3.8) is 0 Å². The Morgan fingerprint density at radius 1 is 1.03 bits per heavy atom. The van der Waals surface area contributed by atoms with Crippen LogP contribution in [0.1, 0.15) is 22.9 Å². The second kappa shape index (κ2) is 8.15. The predicted octanol–water partition coefficient (Wildman–Crippen LogP) is 2.68. The van der Waals surface area contributed by atoms with Crippen LogP contribution in [-0.2, 0) is 6.54 Å². The van der Waals surface area contributed by atoms with Crippen LogP contribution in [0.5, 0.6) is 0 Å². The zero-order chi connectivity index (χ0) is 23.2. The van der Waals surface area contributed by atoms with Gasteiger partial charge in [-0.15, -0.1) is 0 Å². The molecule has 1 amide bonds. The van der Waals surface area contributed by atoms with E-state index in [0.717, 1.165) is 54.3 Å². The fourth-order valence-corrected chi connectivity index (χ4v) is 5.47. The minimum absolute atomic E-state index is 0.275. The van der Waals surface area contributed by atoms with E-state index in [0.29, 0.717) is 31.7 Å². The Morgan fingerprint density at radius 3 is 2.65 bits per heavy atom. The molecule has 0 bridgehead atoms. The molecule has 6 rings (SSSR count). The molecular formula is C25H25N7O2. The van der Waals surface area contributed by atoms with Gasteiger partial charge in [-0.25, -0.2) is 9.78 Å². The number of benzene rings is 1. The minimum atomic E-state index is -0.853. The van der Waals surface area contributed by atoms with Crippen molar-refractivity contribution in [2.45, 2.75) is 12.6 Å². The first-order valence-electron chi connectivity index (χ1n) is 11.6. The van der Waals surface area contributed by atoms with Crippen LogP contribution in [0.25, 0.3) is 10.9 Å². The average Bonchev–Trinajstić information content (AvgIpc) is 3.25. The lowest BCUT2D eigenvalue weighted by Crippen LogP contribution is -2.48. The van der Waals surface area contributed by atoms with E-state index in [9.17, 15) is 15.2 Å². The van der Waals surface area contributed by atoms with E-state index in [1.807, 2.05) is 24.3 Å². The highest BCUT2D eigenvalue weighted by Gasteiger charge is 2.37. The summed E-state index contributed by atoms with van der Waals surface area (Å²) in [6.07, 6.45) is 0.886. The minimum Gasteiger partial charge on any atom is -0.465 e. The molecule has 9 nitrogen and oxygen atoms in total. The summed E-state index contributed by atoms with van der Waals surface area (Å²) in [5.74, 6) is 0.935. The fourth-order valence-electron chi connectivity index (χ4n) is 5.47. The topological polar surface area (TPSA) is 99.8 Å². The van der Waals surface area contributed by atoms with E-state index < -0.39 is 6.09 Å². The molecule has 2 saturated heterocycles. The number of amides is 1. The number of nitriles is 1. The van der Waals surface area contributed by atoms with Crippen molar-refractivity contribution in [3.05, 3.63) is 59.4 Å². The number of rotatable bonds is 2. The number of fused-ring (bicyclic) bond motifs is 4. The fraction of sp³-hybridized carbons (Fsp3) is 0.360. The van der Waals surface area contributed by atoms with Gasteiger partial charge in [0.1, 0.15) is 11.9 Å². The molecule has 5 heterocycles. The van der Waals surface area contributed by atoms with E-state index in [1.165, 1.54) is 10.5 Å². The molecule has 0 spiro atoms.